The number of aromatic nitrogens is 5. The van der Waals surface area contributed by atoms with Gasteiger partial charge in [0.1, 0.15) is 5.82 Å². The highest BCUT2D eigenvalue weighted by molar-refractivity contribution is 7.99. The molecule has 1 amide bonds. The third-order valence-corrected chi connectivity index (χ3v) is 6.28. The van der Waals surface area contributed by atoms with Crippen LogP contribution in [0.4, 0.5) is 0 Å². The predicted octanol–water partition coefficient (Wildman–Crippen LogP) is 1.24. The van der Waals surface area contributed by atoms with Crippen molar-refractivity contribution in [3.05, 3.63) is 67.7 Å². The normalized spacial score (nSPS) is 15.6. The Hall–Kier alpha value is -3.18. The monoisotopic (exact) mass is 470 g/mol. The van der Waals surface area contributed by atoms with Gasteiger partial charge in [-0.3, -0.25) is 19.1 Å². The van der Waals surface area contributed by atoms with Gasteiger partial charge in [0.2, 0.25) is 5.91 Å². The van der Waals surface area contributed by atoms with Crippen molar-refractivity contribution in [1.29, 1.82) is 0 Å². The number of thioether (sulfide) groups is 1. The highest BCUT2D eigenvalue weighted by Gasteiger charge is 2.20. The molecule has 1 aliphatic heterocycles. The first-order valence-electron chi connectivity index (χ1n) is 10.7. The minimum Gasteiger partial charge on any atom is -0.376 e. The Labute approximate surface area is 194 Å². The summed E-state index contributed by atoms with van der Waals surface area (Å²) in [7, 11) is 0. The van der Waals surface area contributed by atoms with Gasteiger partial charge in [-0.1, -0.05) is 23.9 Å². The minimum absolute atomic E-state index is 0.0836. The second-order valence-corrected chi connectivity index (χ2v) is 8.98. The smallest absolute Gasteiger partial charge is 0.325 e. The molecule has 0 aliphatic carbocycles. The van der Waals surface area contributed by atoms with Crippen molar-refractivity contribution in [3.8, 4) is 5.69 Å². The van der Waals surface area contributed by atoms with Gasteiger partial charge in [0.15, 0.2) is 5.16 Å². The zero-order valence-corrected chi connectivity index (χ0v) is 19.3. The summed E-state index contributed by atoms with van der Waals surface area (Å²) >= 11 is 1.28. The first-order valence-corrected chi connectivity index (χ1v) is 11.7. The molecule has 3 heterocycles. The van der Waals surface area contributed by atoms with Gasteiger partial charge in [-0.2, -0.15) is 0 Å². The van der Waals surface area contributed by atoms with Crippen LogP contribution in [0.25, 0.3) is 5.69 Å². The van der Waals surface area contributed by atoms with E-state index in [1.165, 1.54) is 17.8 Å². The second-order valence-electron chi connectivity index (χ2n) is 8.04. The third-order valence-electron chi connectivity index (χ3n) is 5.35. The van der Waals surface area contributed by atoms with Crippen LogP contribution in [0.1, 0.15) is 35.5 Å². The number of aryl methyl sites for hydroxylation is 2. The van der Waals surface area contributed by atoms with E-state index in [1.807, 2.05) is 36.6 Å². The van der Waals surface area contributed by atoms with E-state index in [9.17, 15) is 14.4 Å². The summed E-state index contributed by atoms with van der Waals surface area (Å²) in [5, 5.41) is 12.1. The van der Waals surface area contributed by atoms with Crippen molar-refractivity contribution in [1.82, 2.24) is 30.0 Å². The first kappa shape index (κ1) is 23.0. The molecule has 1 fully saturated rings. The van der Waals surface area contributed by atoms with Gasteiger partial charge < -0.3 is 15.0 Å². The Morgan fingerprint density at radius 1 is 1.24 bits per heavy atom. The Morgan fingerprint density at radius 2 is 2.09 bits per heavy atom. The number of rotatable bonds is 8. The van der Waals surface area contributed by atoms with E-state index in [2.05, 4.69) is 25.5 Å². The molecule has 0 bridgehead atoms. The zero-order chi connectivity index (χ0) is 23.4. The molecule has 4 rings (SSSR count). The van der Waals surface area contributed by atoms with E-state index in [-0.39, 0.29) is 24.2 Å². The van der Waals surface area contributed by atoms with Crippen LogP contribution in [0, 0.1) is 13.8 Å². The van der Waals surface area contributed by atoms with Crippen molar-refractivity contribution >= 4 is 17.7 Å². The van der Waals surface area contributed by atoms with Crippen LogP contribution in [-0.2, 0) is 16.0 Å². The van der Waals surface area contributed by atoms with Crippen molar-refractivity contribution in [2.75, 3.05) is 18.9 Å². The number of carbonyl (C=O) groups excluding carboxylic acids is 1. The van der Waals surface area contributed by atoms with Crippen LogP contribution >= 0.6 is 11.8 Å². The summed E-state index contributed by atoms with van der Waals surface area (Å²) in [6.45, 7) is 5.22. The maximum Gasteiger partial charge on any atom is 0.325 e. The number of nitrogens with one attached hydrogen (secondary N) is 3. The van der Waals surface area contributed by atoms with Gasteiger partial charge in [0.25, 0.3) is 5.56 Å². The molecule has 0 saturated carbocycles. The SMILES string of the molecule is Cc1ccc(C)c(-n2c(Cc3cc(=O)[nH]c(=O)[nH]3)nnc2SCC(=O)NC[C@@H]2CCCO2)c1. The lowest BCUT2D eigenvalue weighted by atomic mass is 10.1. The maximum absolute atomic E-state index is 12.4. The molecule has 3 aromatic rings. The van der Waals surface area contributed by atoms with E-state index in [0.717, 1.165) is 36.3 Å². The molecular weight excluding hydrogens is 444 g/mol. The fourth-order valence-electron chi connectivity index (χ4n) is 3.71. The number of benzene rings is 1. The molecule has 1 aromatic carbocycles. The van der Waals surface area contributed by atoms with Crippen molar-refractivity contribution < 1.29 is 9.53 Å². The number of aromatic amines is 2. The topological polar surface area (TPSA) is 135 Å². The average molecular weight is 471 g/mol. The molecule has 0 radical (unpaired) electrons. The molecule has 1 saturated heterocycles. The number of hydrogen-bond donors (Lipinski definition) is 3. The van der Waals surface area contributed by atoms with E-state index in [0.29, 0.717) is 23.2 Å². The summed E-state index contributed by atoms with van der Waals surface area (Å²) in [6, 6.07) is 7.37. The average Bonchev–Trinajstić information content (AvgIpc) is 3.42. The largest absolute Gasteiger partial charge is 0.376 e. The quantitative estimate of drug-likeness (QED) is 0.422. The van der Waals surface area contributed by atoms with Crippen LogP contribution in [-0.4, -0.2) is 55.6 Å². The summed E-state index contributed by atoms with van der Waals surface area (Å²) in [5.41, 5.74) is 2.31. The molecule has 3 N–H and O–H groups in total. The third kappa shape index (κ3) is 5.79. The van der Waals surface area contributed by atoms with Gasteiger partial charge in [0.05, 0.1) is 17.5 Å². The number of amides is 1. The zero-order valence-electron chi connectivity index (χ0n) is 18.5. The van der Waals surface area contributed by atoms with Gasteiger partial charge in [-0.25, -0.2) is 4.79 Å². The molecule has 10 nitrogen and oxygen atoms in total. The van der Waals surface area contributed by atoms with Crippen molar-refractivity contribution in [2.45, 2.75) is 44.4 Å². The van der Waals surface area contributed by atoms with Gasteiger partial charge in [-0.05, 0) is 43.9 Å². The van der Waals surface area contributed by atoms with Crippen LogP contribution < -0.4 is 16.6 Å². The number of nitrogens with zero attached hydrogens (tertiary/aromatic N) is 3. The summed E-state index contributed by atoms with van der Waals surface area (Å²) in [4.78, 5) is 40.6. The van der Waals surface area contributed by atoms with Gasteiger partial charge in [-0.15, -0.1) is 10.2 Å². The second kappa shape index (κ2) is 10.2. The lowest BCUT2D eigenvalue weighted by Gasteiger charge is -2.14. The molecule has 0 unspecified atom stereocenters. The number of carbonyl (C=O) groups is 1. The lowest BCUT2D eigenvalue weighted by Crippen LogP contribution is -2.32. The Morgan fingerprint density at radius 3 is 2.85 bits per heavy atom. The molecule has 33 heavy (non-hydrogen) atoms. The van der Waals surface area contributed by atoms with Crippen LogP contribution in [0.3, 0.4) is 0 Å². The predicted molar refractivity (Wildman–Crippen MR) is 124 cm³/mol. The maximum atomic E-state index is 12.4. The summed E-state index contributed by atoms with van der Waals surface area (Å²) in [5.74, 6) is 0.621. The molecule has 2 aromatic heterocycles. The van der Waals surface area contributed by atoms with E-state index in [4.69, 9.17) is 4.74 Å². The van der Waals surface area contributed by atoms with Gasteiger partial charge in [0, 0.05) is 31.3 Å². The molecule has 1 atom stereocenters. The first-order chi connectivity index (χ1) is 15.9. The Bertz CT molecular complexity index is 1230. The van der Waals surface area contributed by atoms with E-state index < -0.39 is 11.2 Å². The fourth-order valence-corrected chi connectivity index (χ4v) is 4.50. The highest BCUT2D eigenvalue weighted by atomic mass is 32.2. The van der Waals surface area contributed by atoms with Crippen LogP contribution in [0.15, 0.2) is 39.0 Å². The minimum atomic E-state index is -0.576. The molecule has 11 heteroatoms. The fraction of sp³-hybridized carbons (Fsp3) is 0.409. The summed E-state index contributed by atoms with van der Waals surface area (Å²) in [6.07, 6.45) is 2.27. The summed E-state index contributed by atoms with van der Waals surface area (Å²) < 4.78 is 7.42. The van der Waals surface area contributed by atoms with Crippen LogP contribution in [0.5, 0.6) is 0 Å². The van der Waals surface area contributed by atoms with Crippen LogP contribution in [0.2, 0.25) is 0 Å². The number of ether oxygens (including phenoxy) is 1. The number of hydrogen-bond acceptors (Lipinski definition) is 7. The number of H-pyrrole nitrogens is 2. The van der Waals surface area contributed by atoms with E-state index >= 15 is 0 Å². The lowest BCUT2D eigenvalue weighted by molar-refractivity contribution is -0.119. The van der Waals surface area contributed by atoms with E-state index in [1.54, 1.807) is 0 Å². The molecular formula is C22H26N6O4S. The molecule has 1 aliphatic rings. The van der Waals surface area contributed by atoms with Gasteiger partial charge >= 0.3 is 5.69 Å². The highest BCUT2D eigenvalue weighted by Crippen LogP contribution is 2.26. The molecule has 174 valence electrons. The Balaban J connectivity index is 1.58. The van der Waals surface area contributed by atoms with Crippen molar-refractivity contribution in [2.24, 2.45) is 0 Å². The molecule has 0 spiro atoms. The Kier molecular flexibility index (Phi) is 7.09. The standard InChI is InChI=1S/C22H26N6O4S/c1-13-5-6-14(2)17(8-13)28-18(9-15-10-19(29)25-21(31)24-15)26-27-22(28)33-12-20(30)23-11-16-4-3-7-32-16/h5-6,8,10,16H,3-4,7,9,11-12H2,1-2H3,(H,23,30)(H2,24,25,29,31)/t16-/m0/s1. The van der Waals surface area contributed by atoms with Crippen molar-refractivity contribution in [3.63, 3.8) is 0 Å².